The van der Waals surface area contributed by atoms with Gasteiger partial charge in [-0.25, -0.2) is 4.39 Å². The summed E-state index contributed by atoms with van der Waals surface area (Å²) in [4.78, 5) is 8.90. The topological polar surface area (TPSA) is 56.9 Å². The Morgan fingerprint density at radius 3 is 2.79 bits per heavy atom. The Morgan fingerprint density at radius 1 is 1.29 bits per heavy atom. The third kappa shape index (κ3) is 4.32. The molecule has 1 aromatic heterocycles. The van der Waals surface area contributed by atoms with Gasteiger partial charge in [0.25, 0.3) is 0 Å². The van der Waals surface area contributed by atoms with E-state index in [0.29, 0.717) is 6.54 Å². The molecule has 24 heavy (non-hydrogen) atoms. The average Bonchev–Trinajstić information content (AvgIpc) is 3.10. The molecule has 0 spiro atoms. The molecule has 1 aliphatic rings. The fourth-order valence-corrected chi connectivity index (χ4v) is 2.83. The van der Waals surface area contributed by atoms with Gasteiger partial charge in [0, 0.05) is 52.4 Å². The normalized spacial score (nSPS) is 16.4. The number of halogens is 1. The lowest BCUT2D eigenvalue weighted by Crippen LogP contribution is -2.52. The van der Waals surface area contributed by atoms with Crippen LogP contribution < -0.4 is 5.32 Å². The Kier molecular flexibility index (Phi) is 5.43. The third-order valence-corrected chi connectivity index (χ3v) is 4.10. The zero-order chi connectivity index (χ0) is 16.8. The molecule has 2 heterocycles. The van der Waals surface area contributed by atoms with Crippen LogP contribution >= 0.6 is 0 Å². The van der Waals surface area contributed by atoms with Gasteiger partial charge in [0.15, 0.2) is 5.96 Å². The lowest BCUT2D eigenvalue weighted by Gasteiger charge is -2.36. The molecule has 0 atom stereocenters. The first-order valence-electron chi connectivity index (χ1n) is 8.06. The van der Waals surface area contributed by atoms with Gasteiger partial charge in [-0.05, 0) is 17.7 Å². The van der Waals surface area contributed by atoms with Gasteiger partial charge in [0.05, 0.1) is 5.69 Å². The molecule has 6 nitrogen and oxygen atoms in total. The molecule has 1 N–H and O–H groups in total. The van der Waals surface area contributed by atoms with Gasteiger partial charge in [0.2, 0.25) is 0 Å². The summed E-state index contributed by atoms with van der Waals surface area (Å²) in [7, 11) is 1.77. The van der Waals surface area contributed by atoms with Crippen LogP contribution in [-0.4, -0.2) is 54.1 Å². The zero-order valence-electron chi connectivity index (χ0n) is 13.8. The van der Waals surface area contributed by atoms with Crippen LogP contribution in [0.3, 0.4) is 0 Å². The van der Waals surface area contributed by atoms with Crippen molar-refractivity contribution in [1.29, 1.82) is 0 Å². The highest BCUT2D eigenvalue weighted by molar-refractivity contribution is 5.80. The number of piperazine rings is 1. The van der Waals surface area contributed by atoms with Crippen molar-refractivity contribution in [1.82, 2.24) is 20.3 Å². The predicted octanol–water partition coefficient (Wildman–Crippen LogP) is 1.71. The Labute approximate surface area is 140 Å². The van der Waals surface area contributed by atoms with Crippen molar-refractivity contribution in [2.24, 2.45) is 4.99 Å². The van der Waals surface area contributed by atoms with E-state index in [1.165, 1.54) is 12.1 Å². The Balaban J connectivity index is 1.48. The average molecular weight is 331 g/mol. The summed E-state index contributed by atoms with van der Waals surface area (Å²) in [5, 5.41) is 7.26. The monoisotopic (exact) mass is 331 g/mol. The lowest BCUT2D eigenvalue weighted by atomic mass is 10.2. The number of aliphatic imine (C=N–C) groups is 1. The van der Waals surface area contributed by atoms with Gasteiger partial charge in [-0.2, -0.15) is 0 Å². The van der Waals surface area contributed by atoms with Crippen molar-refractivity contribution < 1.29 is 8.91 Å². The van der Waals surface area contributed by atoms with Crippen LogP contribution in [0.2, 0.25) is 0 Å². The van der Waals surface area contributed by atoms with Crippen LogP contribution in [0, 0.1) is 5.82 Å². The standard InChI is InChI=1S/C17H22FN5O/c1-19-17(20-12-14-3-2-4-15(18)11-14)23-8-6-22(7-9-23)13-16-5-10-24-21-16/h2-5,10-11H,6-9,12-13H2,1H3,(H,19,20). The van der Waals surface area contributed by atoms with E-state index in [-0.39, 0.29) is 5.82 Å². The predicted molar refractivity (Wildman–Crippen MR) is 90.0 cm³/mol. The van der Waals surface area contributed by atoms with E-state index in [4.69, 9.17) is 4.52 Å². The number of benzene rings is 1. The summed E-state index contributed by atoms with van der Waals surface area (Å²) in [6, 6.07) is 8.51. The summed E-state index contributed by atoms with van der Waals surface area (Å²) >= 11 is 0. The van der Waals surface area contributed by atoms with Gasteiger partial charge < -0.3 is 14.7 Å². The molecule has 0 aliphatic carbocycles. The van der Waals surface area contributed by atoms with Crippen LogP contribution in [0.25, 0.3) is 0 Å². The largest absolute Gasteiger partial charge is 0.364 e. The maximum Gasteiger partial charge on any atom is 0.194 e. The molecule has 1 saturated heterocycles. The number of hydrogen-bond donors (Lipinski definition) is 1. The molecular formula is C17H22FN5O. The summed E-state index contributed by atoms with van der Waals surface area (Å²) in [6.07, 6.45) is 1.60. The minimum Gasteiger partial charge on any atom is -0.364 e. The quantitative estimate of drug-likeness (QED) is 0.683. The van der Waals surface area contributed by atoms with Gasteiger partial charge >= 0.3 is 0 Å². The maximum atomic E-state index is 13.2. The summed E-state index contributed by atoms with van der Waals surface area (Å²) < 4.78 is 18.1. The molecule has 128 valence electrons. The smallest absolute Gasteiger partial charge is 0.194 e. The number of aromatic nitrogens is 1. The molecule has 0 radical (unpaired) electrons. The van der Waals surface area contributed by atoms with Gasteiger partial charge in [-0.3, -0.25) is 9.89 Å². The molecule has 1 fully saturated rings. The maximum absolute atomic E-state index is 13.2. The first kappa shape index (κ1) is 16.4. The van der Waals surface area contributed by atoms with Crippen LogP contribution in [0.15, 0.2) is 46.1 Å². The summed E-state index contributed by atoms with van der Waals surface area (Å²) in [5.41, 5.74) is 1.86. The number of nitrogens with one attached hydrogen (secondary N) is 1. The van der Waals surface area contributed by atoms with Crippen LogP contribution in [0.4, 0.5) is 4.39 Å². The van der Waals surface area contributed by atoms with Crippen molar-refractivity contribution in [2.75, 3.05) is 33.2 Å². The molecule has 0 amide bonds. The number of hydrogen-bond acceptors (Lipinski definition) is 4. The fraction of sp³-hybridized carbons (Fsp3) is 0.412. The minimum absolute atomic E-state index is 0.217. The number of rotatable bonds is 4. The van der Waals surface area contributed by atoms with Crippen molar-refractivity contribution in [3.05, 3.63) is 53.7 Å². The molecule has 0 bridgehead atoms. The van der Waals surface area contributed by atoms with Crippen LogP contribution in [0.1, 0.15) is 11.3 Å². The highest BCUT2D eigenvalue weighted by Crippen LogP contribution is 2.08. The molecule has 0 saturated carbocycles. The van der Waals surface area contributed by atoms with E-state index in [1.54, 1.807) is 19.4 Å². The van der Waals surface area contributed by atoms with E-state index in [1.807, 2.05) is 12.1 Å². The molecular weight excluding hydrogens is 309 g/mol. The van der Waals surface area contributed by atoms with Gasteiger partial charge in [-0.15, -0.1) is 0 Å². The highest BCUT2D eigenvalue weighted by atomic mass is 19.1. The van der Waals surface area contributed by atoms with E-state index in [2.05, 4.69) is 25.3 Å². The molecule has 3 rings (SSSR count). The van der Waals surface area contributed by atoms with E-state index in [9.17, 15) is 4.39 Å². The molecule has 1 aromatic carbocycles. The van der Waals surface area contributed by atoms with Gasteiger partial charge in [0.1, 0.15) is 12.1 Å². The fourth-order valence-electron chi connectivity index (χ4n) is 2.83. The first-order valence-corrected chi connectivity index (χ1v) is 8.06. The van der Waals surface area contributed by atoms with Crippen LogP contribution in [-0.2, 0) is 13.1 Å². The van der Waals surface area contributed by atoms with Crippen molar-refractivity contribution in [3.63, 3.8) is 0 Å². The van der Waals surface area contributed by atoms with Crippen molar-refractivity contribution >= 4 is 5.96 Å². The Morgan fingerprint density at radius 2 is 2.12 bits per heavy atom. The molecule has 7 heteroatoms. The van der Waals surface area contributed by atoms with Crippen molar-refractivity contribution in [3.8, 4) is 0 Å². The second kappa shape index (κ2) is 7.92. The Hall–Kier alpha value is -2.41. The highest BCUT2D eigenvalue weighted by Gasteiger charge is 2.20. The van der Waals surface area contributed by atoms with Crippen molar-refractivity contribution in [2.45, 2.75) is 13.1 Å². The van der Waals surface area contributed by atoms with Crippen LogP contribution in [0.5, 0.6) is 0 Å². The van der Waals surface area contributed by atoms with Gasteiger partial charge in [-0.1, -0.05) is 17.3 Å². The minimum atomic E-state index is -0.217. The Bertz CT molecular complexity index is 665. The van der Waals surface area contributed by atoms with E-state index >= 15 is 0 Å². The first-order chi connectivity index (χ1) is 11.7. The lowest BCUT2D eigenvalue weighted by molar-refractivity contribution is 0.169. The SMILES string of the molecule is CN=C(NCc1cccc(F)c1)N1CCN(Cc2ccon2)CC1. The van der Waals surface area contributed by atoms with E-state index in [0.717, 1.165) is 49.9 Å². The second-order valence-corrected chi connectivity index (χ2v) is 5.78. The second-order valence-electron chi connectivity index (χ2n) is 5.78. The molecule has 1 aliphatic heterocycles. The number of guanidine groups is 1. The van der Waals surface area contributed by atoms with E-state index < -0.39 is 0 Å². The summed E-state index contributed by atoms with van der Waals surface area (Å²) in [5.74, 6) is 0.631. The molecule has 2 aromatic rings. The summed E-state index contributed by atoms with van der Waals surface area (Å²) in [6.45, 7) is 5.02. The number of nitrogens with zero attached hydrogens (tertiary/aromatic N) is 4. The zero-order valence-corrected chi connectivity index (χ0v) is 13.8. The molecule has 0 unspecified atom stereocenters. The third-order valence-electron chi connectivity index (χ3n) is 4.10.